The van der Waals surface area contributed by atoms with E-state index in [1.54, 1.807) is 18.9 Å². The molecule has 2 nitrogen and oxygen atoms in total. The maximum Gasteiger partial charge on any atom is 0.167 e. The fraction of sp³-hybridized carbons (Fsp3) is 0.208. The van der Waals surface area contributed by atoms with E-state index in [2.05, 4.69) is 30.3 Å². The second-order valence-corrected chi connectivity index (χ2v) is 8.01. The predicted octanol–water partition coefficient (Wildman–Crippen LogP) is 5.97. The fourth-order valence-corrected chi connectivity index (χ4v) is 5.06. The minimum absolute atomic E-state index is 0.0292. The summed E-state index contributed by atoms with van der Waals surface area (Å²) in [5.74, 6) is 1.07. The molecule has 0 amide bonds. The third-order valence-electron chi connectivity index (χ3n) is 5.16. The second-order valence-electron chi connectivity index (χ2n) is 6.79. The number of fused-ring (bicyclic) bond motifs is 1. The molecule has 4 rings (SSSR count). The second kappa shape index (κ2) is 8.01. The molecule has 0 spiro atoms. The standard InChI is InChI=1S/C24H22O2S/c1-26-19-14-11-18(12-15-19)24(27-20-8-3-2-4-9-20)22-16-13-17-7-5-6-10-21(17)23(22)25/h2-12,14-15,22,24H,13,16H2,1H3/t22-,24+/m1/s1. The Hall–Kier alpha value is -2.52. The highest BCUT2D eigenvalue weighted by molar-refractivity contribution is 7.99. The summed E-state index contributed by atoms with van der Waals surface area (Å²) in [5, 5.41) is 0.0826. The monoisotopic (exact) mass is 374 g/mol. The third-order valence-corrected chi connectivity index (χ3v) is 6.56. The summed E-state index contributed by atoms with van der Waals surface area (Å²) in [6.07, 6.45) is 1.83. The quantitative estimate of drug-likeness (QED) is 0.514. The van der Waals surface area contributed by atoms with Gasteiger partial charge in [0.2, 0.25) is 0 Å². The summed E-state index contributed by atoms with van der Waals surface area (Å²) >= 11 is 1.78. The van der Waals surface area contributed by atoms with E-state index in [9.17, 15) is 4.79 Å². The molecule has 0 aromatic heterocycles. The number of benzene rings is 3. The first-order chi connectivity index (χ1) is 13.3. The number of methoxy groups -OCH3 is 1. The molecule has 27 heavy (non-hydrogen) atoms. The first kappa shape index (κ1) is 17.9. The first-order valence-electron chi connectivity index (χ1n) is 9.24. The summed E-state index contributed by atoms with van der Waals surface area (Å²) in [7, 11) is 1.67. The zero-order valence-corrected chi connectivity index (χ0v) is 16.1. The molecular weight excluding hydrogens is 352 g/mol. The van der Waals surface area contributed by atoms with Crippen LogP contribution in [0.1, 0.15) is 33.2 Å². The topological polar surface area (TPSA) is 26.3 Å². The molecule has 0 heterocycles. The first-order valence-corrected chi connectivity index (χ1v) is 10.1. The van der Waals surface area contributed by atoms with E-state index in [0.717, 1.165) is 24.2 Å². The van der Waals surface area contributed by atoms with Crippen molar-refractivity contribution in [1.29, 1.82) is 0 Å². The molecule has 1 aliphatic carbocycles. The van der Waals surface area contributed by atoms with Crippen molar-refractivity contribution < 1.29 is 9.53 Å². The Labute approximate surface area is 164 Å². The molecule has 3 heteroatoms. The van der Waals surface area contributed by atoms with Crippen molar-refractivity contribution in [2.75, 3.05) is 7.11 Å². The van der Waals surface area contributed by atoms with Crippen LogP contribution in [0.5, 0.6) is 5.75 Å². The summed E-state index contributed by atoms with van der Waals surface area (Å²) < 4.78 is 5.31. The average molecular weight is 375 g/mol. The minimum atomic E-state index is -0.0292. The molecular formula is C24H22O2S. The molecule has 3 aromatic rings. The number of thioether (sulfide) groups is 1. The minimum Gasteiger partial charge on any atom is -0.497 e. The molecule has 0 saturated carbocycles. The van der Waals surface area contributed by atoms with E-state index in [0.29, 0.717) is 0 Å². The summed E-state index contributed by atoms with van der Waals surface area (Å²) in [4.78, 5) is 14.5. The molecule has 0 unspecified atom stereocenters. The third kappa shape index (κ3) is 3.79. The van der Waals surface area contributed by atoms with Gasteiger partial charge in [-0.15, -0.1) is 11.8 Å². The van der Waals surface area contributed by atoms with Crippen molar-refractivity contribution in [2.45, 2.75) is 23.0 Å². The van der Waals surface area contributed by atoms with Gasteiger partial charge < -0.3 is 4.74 Å². The lowest BCUT2D eigenvalue weighted by Gasteiger charge is -2.30. The Morgan fingerprint density at radius 2 is 1.63 bits per heavy atom. The number of ether oxygens (including phenoxy) is 1. The highest BCUT2D eigenvalue weighted by Crippen LogP contribution is 2.45. The Morgan fingerprint density at radius 1 is 0.926 bits per heavy atom. The lowest BCUT2D eigenvalue weighted by molar-refractivity contribution is 0.0899. The Bertz CT molecular complexity index is 919. The Morgan fingerprint density at radius 3 is 2.37 bits per heavy atom. The van der Waals surface area contributed by atoms with Crippen molar-refractivity contribution >= 4 is 17.5 Å². The zero-order chi connectivity index (χ0) is 18.6. The SMILES string of the molecule is COc1ccc([C@H](Sc2ccccc2)[C@@H]2CCc3ccccc3C2=O)cc1. The van der Waals surface area contributed by atoms with Crippen molar-refractivity contribution in [3.63, 3.8) is 0 Å². The molecule has 1 aliphatic rings. The van der Waals surface area contributed by atoms with E-state index >= 15 is 0 Å². The van der Waals surface area contributed by atoms with Gasteiger partial charge in [0.1, 0.15) is 5.75 Å². The predicted molar refractivity (Wildman–Crippen MR) is 111 cm³/mol. The molecule has 3 aromatic carbocycles. The maximum absolute atomic E-state index is 13.3. The van der Waals surface area contributed by atoms with Crippen LogP contribution < -0.4 is 4.74 Å². The number of aryl methyl sites for hydroxylation is 1. The molecule has 0 N–H and O–H groups in total. The lowest BCUT2D eigenvalue weighted by Crippen LogP contribution is -2.27. The van der Waals surface area contributed by atoms with Gasteiger partial charge in [-0.1, -0.05) is 54.6 Å². The largest absolute Gasteiger partial charge is 0.497 e. The van der Waals surface area contributed by atoms with E-state index in [-0.39, 0.29) is 17.0 Å². The van der Waals surface area contributed by atoms with Gasteiger partial charge in [0.15, 0.2) is 5.78 Å². The molecule has 0 fully saturated rings. The van der Waals surface area contributed by atoms with Crippen LogP contribution in [0.2, 0.25) is 0 Å². The molecule has 0 radical (unpaired) electrons. The van der Waals surface area contributed by atoms with Gasteiger partial charge in [0.25, 0.3) is 0 Å². The smallest absolute Gasteiger partial charge is 0.167 e. The van der Waals surface area contributed by atoms with Gasteiger partial charge in [-0.25, -0.2) is 0 Å². The summed E-state index contributed by atoms with van der Waals surface area (Å²) in [5.41, 5.74) is 3.24. The van der Waals surface area contributed by atoms with E-state index in [1.165, 1.54) is 16.0 Å². The maximum atomic E-state index is 13.3. The lowest BCUT2D eigenvalue weighted by atomic mass is 9.79. The van der Waals surface area contributed by atoms with Gasteiger partial charge >= 0.3 is 0 Å². The Kier molecular flexibility index (Phi) is 5.30. The van der Waals surface area contributed by atoms with Gasteiger partial charge in [-0.3, -0.25) is 4.79 Å². The van der Waals surface area contributed by atoms with Gasteiger partial charge in [-0.05, 0) is 48.2 Å². The van der Waals surface area contributed by atoms with Crippen LogP contribution in [0.15, 0.2) is 83.8 Å². The van der Waals surface area contributed by atoms with Gasteiger partial charge in [0.05, 0.1) is 7.11 Å². The van der Waals surface area contributed by atoms with Crippen LogP contribution in [0.4, 0.5) is 0 Å². The zero-order valence-electron chi connectivity index (χ0n) is 15.3. The number of rotatable bonds is 5. The van der Waals surface area contributed by atoms with Crippen LogP contribution in [-0.4, -0.2) is 12.9 Å². The molecule has 136 valence electrons. The van der Waals surface area contributed by atoms with Crippen LogP contribution in [0.3, 0.4) is 0 Å². The number of carbonyl (C=O) groups is 1. The molecule has 2 atom stereocenters. The number of hydrogen-bond acceptors (Lipinski definition) is 3. The molecule has 0 aliphatic heterocycles. The molecule has 0 saturated heterocycles. The van der Waals surface area contributed by atoms with E-state index < -0.39 is 0 Å². The highest BCUT2D eigenvalue weighted by Gasteiger charge is 2.34. The highest BCUT2D eigenvalue weighted by atomic mass is 32.2. The summed E-state index contributed by atoms with van der Waals surface area (Å²) in [6.45, 7) is 0. The average Bonchev–Trinajstić information content (AvgIpc) is 2.74. The van der Waals surface area contributed by atoms with Crippen LogP contribution in [0.25, 0.3) is 0 Å². The number of carbonyl (C=O) groups excluding carboxylic acids is 1. The van der Waals surface area contributed by atoms with Crippen molar-refractivity contribution in [2.24, 2.45) is 5.92 Å². The number of hydrogen-bond donors (Lipinski definition) is 0. The van der Waals surface area contributed by atoms with Crippen LogP contribution in [0, 0.1) is 5.92 Å². The summed E-state index contributed by atoms with van der Waals surface area (Å²) in [6, 6.07) is 26.5. The number of Topliss-reactive ketones (excluding diaryl/α,β-unsaturated/α-hetero) is 1. The van der Waals surface area contributed by atoms with Crippen molar-refractivity contribution in [1.82, 2.24) is 0 Å². The normalized spacial score (nSPS) is 17.2. The van der Waals surface area contributed by atoms with Gasteiger partial charge in [-0.2, -0.15) is 0 Å². The van der Waals surface area contributed by atoms with E-state index in [1.807, 2.05) is 48.5 Å². The van der Waals surface area contributed by atoms with Crippen molar-refractivity contribution in [3.8, 4) is 5.75 Å². The van der Waals surface area contributed by atoms with Crippen LogP contribution in [-0.2, 0) is 6.42 Å². The number of ketones is 1. The molecule has 0 bridgehead atoms. The van der Waals surface area contributed by atoms with Crippen molar-refractivity contribution in [3.05, 3.63) is 95.6 Å². The Balaban J connectivity index is 1.70. The van der Waals surface area contributed by atoms with Gasteiger partial charge in [0, 0.05) is 21.6 Å². The van der Waals surface area contributed by atoms with E-state index in [4.69, 9.17) is 4.74 Å². The van der Waals surface area contributed by atoms with Crippen LogP contribution >= 0.6 is 11.8 Å². The fourth-order valence-electron chi connectivity index (χ4n) is 3.73.